The maximum Gasteiger partial charge on any atom is 0.118 e. The molecule has 1 aliphatic rings. The second-order valence-corrected chi connectivity index (χ2v) is 3.64. The van der Waals surface area contributed by atoms with Crippen molar-refractivity contribution in [1.82, 2.24) is 5.43 Å². The van der Waals surface area contributed by atoms with Crippen molar-refractivity contribution in [2.75, 3.05) is 7.11 Å². The van der Waals surface area contributed by atoms with Gasteiger partial charge in [-0.15, -0.1) is 0 Å². The van der Waals surface area contributed by atoms with Gasteiger partial charge in [-0.3, -0.25) is 5.43 Å². The number of hydrazone groups is 1. The zero-order valence-corrected chi connectivity index (χ0v) is 9.45. The third-order valence-corrected chi connectivity index (χ3v) is 2.53. The van der Waals surface area contributed by atoms with E-state index in [-0.39, 0.29) is 0 Å². The number of nitrogens with zero attached hydrogens (tertiary/aromatic N) is 1. The summed E-state index contributed by atoms with van der Waals surface area (Å²) >= 11 is 0. The van der Waals surface area contributed by atoms with E-state index in [0.717, 1.165) is 28.3 Å². The molecular formula is C13H14N2O. The van der Waals surface area contributed by atoms with Gasteiger partial charge in [0.2, 0.25) is 0 Å². The lowest BCUT2D eigenvalue weighted by Gasteiger charge is -2.13. The molecular weight excluding hydrogens is 200 g/mol. The van der Waals surface area contributed by atoms with Crippen molar-refractivity contribution in [3.05, 3.63) is 53.8 Å². The Kier molecular flexibility index (Phi) is 2.77. The first kappa shape index (κ1) is 10.5. The molecule has 1 aromatic rings. The zero-order valence-electron chi connectivity index (χ0n) is 9.45. The van der Waals surface area contributed by atoms with Gasteiger partial charge in [-0.05, 0) is 42.8 Å². The van der Waals surface area contributed by atoms with Crippen molar-refractivity contribution in [2.24, 2.45) is 5.10 Å². The average molecular weight is 214 g/mol. The summed E-state index contributed by atoms with van der Waals surface area (Å²) in [7, 11) is 1.66. The van der Waals surface area contributed by atoms with Gasteiger partial charge in [0.25, 0.3) is 0 Å². The van der Waals surface area contributed by atoms with Crippen molar-refractivity contribution < 1.29 is 4.74 Å². The fourth-order valence-electron chi connectivity index (χ4n) is 1.45. The minimum Gasteiger partial charge on any atom is -0.497 e. The molecule has 0 fully saturated rings. The van der Waals surface area contributed by atoms with E-state index in [2.05, 4.69) is 17.1 Å². The van der Waals surface area contributed by atoms with Crippen LogP contribution in [0.3, 0.4) is 0 Å². The van der Waals surface area contributed by atoms with Crippen LogP contribution >= 0.6 is 0 Å². The van der Waals surface area contributed by atoms with E-state index in [1.54, 1.807) is 7.11 Å². The van der Waals surface area contributed by atoms with Crippen molar-refractivity contribution in [3.63, 3.8) is 0 Å². The van der Waals surface area contributed by atoms with E-state index in [4.69, 9.17) is 4.74 Å². The fraction of sp³-hybridized carbons (Fsp3) is 0.154. The number of hydrogen-bond acceptors (Lipinski definition) is 3. The van der Waals surface area contributed by atoms with Gasteiger partial charge in [0.1, 0.15) is 5.75 Å². The van der Waals surface area contributed by atoms with Gasteiger partial charge in [0.05, 0.1) is 18.5 Å². The average Bonchev–Trinajstić information content (AvgIpc) is 2.33. The SMILES string of the molecule is C=C1NN=C(c2ccc(OC)cc2)C=C1C. The number of methoxy groups -OCH3 is 1. The van der Waals surface area contributed by atoms with Crippen LogP contribution in [0.5, 0.6) is 5.75 Å². The summed E-state index contributed by atoms with van der Waals surface area (Å²) in [6.07, 6.45) is 2.01. The molecule has 2 rings (SSSR count). The lowest BCUT2D eigenvalue weighted by atomic mass is 10.1. The van der Waals surface area contributed by atoms with Gasteiger partial charge in [-0.1, -0.05) is 6.58 Å². The van der Waals surface area contributed by atoms with E-state index >= 15 is 0 Å². The molecule has 0 amide bonds. The molecule has 0 aliphatic carbocycles. The van der Waals surface area contributed by atoms with E-state index in [1.807, 2.05) is 37.3 Å². The van der Waals surface area contributed by atoms with Gasteiger partial charge in [0.15, 0.2) is 0 Å². The van der Waals surface area contributed by atoms with Crippen LogP contribution in [0, 0.1) is 0 Å². The highest BCUT2D eigenvalue weighted by atomic mass is 16.5. The van der Waals surface area contributed by atoms with Crippen molar-refractivity contribution in [3.8, 4) is 5.75 Å². The summed E-state index contributed by atoms with van der Waals surface area (Å²) in [6.45, 7) is 5.85. The third kappa shape index (κ3) is 1.98. The van der Waals surface area contributed by atoms with Gasteiger partial charge in [-0.25, -0.2) is 0 Å². The molecule has 0 spiro atoms. The van der Waals surface area contributed by atoms with Crippen LogP contribution < -0.4 is 10.2 Å². The molecule has 0 bridgehead atoms. The number of allylic oxidation sites excluding steroid dienone is 2. The summed E-state index contributed by atoms with van der Waals surface area (Å²) in [5.41, 5.74) is 6.81. The molecule has 1 heterocycles. The largest absolute Gasteiger partial charge is 0.497 e. The number of nitrogens with one attached hydrogen (secondary N) is 1. The number of ether oxygens (including phenoxy) is 1. The van der Waals surface area contributed by atoms with Gasteiger partial charge >= 0.3 is 0 Å². The highest BCUT2D eigenvalue weighted by Gasteiger charge is 2.08. The Labute approximate surface area is 95.1 Å². The molecule has 0 atom stereocenters. The predicted molar refractivity (Wildman–Crippen MR) is 65.6 cm³/mol. The Morgan fingerprint density at radius 1 is 1.25 bits per heavy atom. The lowest BCUT2D eigenvalue weighted by Crippen LogP contribution is -2.15. The summed E-state index contributed by atoms with van der Waals surface area (Å²) in [5, 5.41) is 4.24. The molecule has 0 saturated carbocycles. The first-order valence-corrected chi connectivity index (χ1v) is 5.06. The molecule has 3 nitrogen and oxygen atoms in total. The van der Waals surface area contributed by atoms with Gasteiger partial charge < -0.3 is 4.74 Å². The molecule has 1 N–H and O–H groups in total. The van der Waals surface area contributed by atoms with Crippen molar-refractivity contribution >= 4 is 5.71 Å². The number of benzene rings is 1. The van der Waals surface area contributed by atoms with Crippen LogP contribution in [0.25, 0.3) is 0 Å². The maximum absolute atomic E-state index is 5.11. The Balaban J connectivity index is 2.28. The minimum atomic E-state index is 0.845. The summed E-state index contributed by atoms with van der Waals surface area (Å²) in [4.78, 5) is 0. The topological polar surface area (TPSA) is 33.6 Å². The van der Waals surface area contributed by atoms with Crippen LogP contribution in [0.1, 0.15) is 12.5 Å². The standard InChI is InChI=1S/C13H14N2O/c1-9-8-13(15-14-10(9)2)11-4-6-12(16-3)7-5-11/h4-8,14H,2H2,1,3H3. The first-order valence-electron chi connectivity index (χ1n) is 5.06. The lowest BCUT2D eigenvalue weighted by molar-refractivity contribution is 0.415. The van der Waals surface area contributed by atoms with E-state index < -0.39 is 0 Å². The molecule has 0 saturated heterocycles. The highest BCUT2D eigenvalue weighted by molar-refractivity contribution is 6.09. The van der Waals surface area contributed by atoms with E-state index in [0.29, 0.717) is 0 Å². The molecule has 16 heavy (non-hydrogen) atoms. The molecule has 0 aromatic heterocycles. The Hall–Kier alpha value is -2.03. The predicted octanol–water partition coefficient (Wildman–Crippen LogP) is 2.46. The highest BCUT2D eigenvalue weighted by Crippen LogP contribution is 2.16. The fourth-order valence-corrected chi connectivity index (χ4v) is 1.45. The number of rotatable bonds is 2. The zero-order chi connectivity index (χ0) is 11.5. The second kappa shape index (κ2) is 4.23. The normalized spacial score (nSPS) is 15.0. The maximum atomic E-state index is 5.11. The third-order valence-electron chi connectivity index (χ3n) is 2.53. The summed E-state index contributed by atoms with van der Waals surface area (Å²) < 4.78 is 5.11. The molecule has 82 valence electrons. The number of hydrogen-bond donors (Lipinski definition) is 1. The molecule has 3 heteroatoms. The van der Waals surface area contributed by atoms with Crippen molar-refractivity contribution in [1.29, 1.82) is 0 Å². The monoisotopic (exact) mass is 214 g/mol. The van der Waals surface area contributed by atoms with Crippen LogP contribution in [0.2, 0.25) is 0 Å². The Morgan fingerprint density at radius 3 is 2.50 bits per heavy atom. The van der Waals surface area contributed by atoms with E-state index in [9.17, 15) is 0 Å². The smallest absolute Gasteiger partial charge is 0.118 e. The van der Waals surface area contributed by atoms with Crippen LogP contribution in [0.4, 0.5) is 0 Å². The van der Waals surface area contributed by atoms with Crippen LogP contribution in [0.15, 0.2) is 53.3 Å². The molecule has 1 aliphatic heterocycles. The Bertz CT molecular complexity index is 469. The second-order valence-electron chi connectivity index (χ2n) is 3.64. The Morgan fingerprint density at radius 2 is 1.94 bits per heavy atom. The van der Waals surface area contributed by atoms with Gasteiger partial charge in [0, 0.05) is 5.56 Å². The molecule has 0 unspecified atom stereocenters. The first-order chi connectivity index (χ1) is 7.70. The molecule has 0 radical (unpaired) electrons. The summed E-state index contributed by atoms with van der Waals surface area (Å²) in [5.74, 6) is 0.846. The minimum absolute atomic E-state index is 0.845. The van der Waals surface area contributed by atoms with Crippen molar-refractivity contribution in [2.45, 2.75) is 6.92 Å². The van der Waals surface area contributed by atoms with Gasteiger partial charge in [-0.2, -0.15) is 5.10 Å². The quantitative estimate of drug-likeness (QED) is 0.820. The summed E-state index contributed by atoms with van der Waals surface area (Å²) in [6, 6.07) is 7.81. The van der Waals surface area contributed by atoms with Crippen LogP contribution in [-0.2, 0) is 0 Å². The van der Waals surface area contributed by atoms with E-state index in [1.165, 1.54) is 0 Å². The molecule has 1 aromatic carbocycles. The van der Waals surface area contributed by atoms with Crippen LogP contribution in [-0.4, -0.2) is 12.8 Å².